The van der Waals surface area contributed by atoms with Crippen LogP contribution in [0.1, 0.15) is 42.4 Å². The fourth-order valence-electron chi connectivity index (χ4n) is 4.34. The number of sulfonamides is 1. The van der Waals surface area contributed by atoms with Crippen molar-refractivity contribution in [3.63, 3.8) is 0 Å². The van der Waals surface area contributed by atoms with Gasteiger partial charge in [0.2, 0.25) is 15.9 Å². The van der Waals surface area contributed by atoms with Crippen LogP contribution in [-0.2, 0) is 19.6 Å². The number of cyclic esters (lactones) is 1. The molecule has 1 aliphatic heterocycles. The zero-order chi connectivity index (χ0) is 26.4. The van der Waals surface area contributed by atoms with Crippen LogP contribution in [0.3, 0.4) is 0 Å². The summed E-state index contributed by atoms with van der Waals surface area (Å²) in [5.41, 5.74) is 2.83. The average molecular weight is 520 g/mol. The van der Waals surface area contributed by atoms with Gasteiger partial charge >= 0.3 is 5.97 Å². The average Bonchev–Trinajstić information content (AvgIpc) is 3.24. The lowest BCUT2D eigenvalue weighted by Gasteiger charge is -2.14. The van der Waals surface area contributed by atoms with Crippen molar-refractivity contribution in [3.8, 4) is 0 Å². The van der Waals surface area contributed by atoms with E-state index >= 15 is 0 Å². The Kier molecular flexibility index (Phi) is 8.41. The van der Waals surface area contributed by atoms with Gasteiger partial charge in [-0.1, -0.05) is 61.4 Å². The lowest BCUT2D eigenvalue weighted by atomic mass is 10.0. The van der Waals surface area contributed by atoms with E-state index in [0.29, 0.717) is 17.3 Å². The third-order valence-electron chi connectivity index (χ3n) is 6.56. The summed E-state index contributed by atoms with van der Waals surface area (Å²) in [7, 11) is -1.59. The first-order chi connectivity index (χ1) is 17.8. The van der Waals surface area contributed by atoms with Gasteiger partial charge in [-0.3, -0.25) is 0 Å². The molecule has 37 heavy (non-hydrogen) atoms. The number of aliphatic imine (C=N–C) groups is 1. The molecule has 0 amide bonds. The third kappa shape index (κ3) is 6.45. The van der Waals surface area contributed by atoms with Crippen LogP contribution in [0.15, 0.2) is 82.4 Å². The van der Waals surface area contributed by atoms with Crippen molar-refractivity contribution < 1.29 is 17.9 Å². The van der Waals surface area contributed by atoms with Crippen molar-refractivity contribution in [2.45, 2.75) is 44.4 Å². The van der Waals surface area contributed by atoms with Gasteiger partial charge in [-0.25, -0.2) is 22.9 Å². The van der Waals surface area contributed by atoms with Gasteiger partial charge in [-0.2, -0.15) is 0 Å². The highest BCUT2D eigenvalue weighted by molar-refractivity contribution is 7.89. The molecule has 0 unspecified atom stereocenters. The van der Waals surface area contributed by atoms with Gasteiger partial charge in [0.25, 0.3) is 0 Å². The first-order valence-corrected chi connectivity index (χ1v) is 14.0. The quantitative estimate of drug-likeness (QED) is 0.217. The first kappa shape index (κ1) is 26.6. The molecule has 194 valence electrons. The SMILES string of the molecule is Cc1cccc(S(=O)(=O)NCCCCCCN(C)/C=C2/N=C(c3cccc4ccccc34)OC2=O)c1C. The Bertz CT molecular complexity index is 1460. The summed E-state index contributed by atoms with van der Waals surface area (Å²) in [6.07, 6.45) is 5.26. The van der Waals surface area contributed by atoms with Crippen LogP contribution >= 0.6 is 0 Å². The summed E-state index contributed by atoms with van der Waals surface area (Å²) in [4.78, 5) is 19.2. The molecular weight excluding hydrogens is 486 g/mol. The maximum Gasteiger partial charge on any atom is 0.365 e. The lowest BCUT2D eigenvalue weighted by Crippen LogP contribution is -2.25. The van der Waals surface area contributed by atoms with Crippen LogP contribution in [-0.4, -0.2) is 45.3 Å². The Labute approximate surface area is 218 Å². The molecule has 1 aliphatic rings. The largest absolute Gasteiger partial charge is 0.402 e. The zero-order valence-electron chi connectivity index (χ0n) is 21.5. The molecule has 8 heteroatoms. The number of fused-ring (bicyclic) bond motifs is 1. The van der Waals surface area contributed by atoms with E-state index in [1.54, 1.807) is 18.3 Å². The normalized spacial score (nSPS) is 14.7. The predicted molar refractivity (Wildman–Crippen MR) is 147 cm³/mol. The highest BCUT2D eigenvalue weighted by Crippen LogP contribution is 2.24. The monoisotopic (exact) mass is 519 g/mol. The van der Waals surface area contributed by atoms with Crippen molar-refractivity contribution in [2.24, 2.45) is 4.99 Å². The van der Waals surface area contributed by atoms with Gasteiger partial charge in [0.05, 0.1) is 4.90 Å². The number of unbranched alkanes of at least 4 members (excludes halogenated alkanes) is 3. The van der Waals surface area contributed by atoms with Crippen LogP contribution in [0.2, 0.25) is 0 Å². The highest BCUT2D eigenvalue weighted by Gasteiger charge is 2.25. The molecule has 0 saturated carbocycles. The van der Waals surface area contributed by atoms with Crippen LogP contribution in [0.5, 0.6) is 0 Å². The minimum Gasteiger partial charge on any atom is -0.402 e. The number of carbonyl (C=O) groups is 1. The summed E-state index contributed by atoms with van der Waals surface area (Å²) in [6.45, 7) is 4.90. The van der Waals surface area contributed by atoms with E-state index < -0.39 is 16.0 Å². The molecule has 0 atom stereocenters. The second-order valence-corrected chi connectivity index (χ2v) is 11.1. The molecule has 3 aromatic rings. The van der Waals surface area contributed by atoms with Gasteiger partial charge in [0.15, 0.2) is 5.70 Å². The molecule has 0 saturated heterocycles. The molecular formula is C29H33N3O4S. The van der Waals surface area contributed by atoms with E-state index in [9.17, 15) is 13.2 Å². The Morgan fingerprint density at radius 3 is 2.51 bits per heavy atom. The van der Waals surface area contributed by atoms with Crippen molar-refractivity contribution >= 4 is 32.7 Å². The standard InChI is InChI=1S/C29H33N3O4S/c1-21-12-10-17-27(22(21)2)37(34,35)30-18-8-4-5-9-19-32(3)20-26-29(33)36-28(31-26)25-16-11-14-23-13-6-7-15-24(23)25/h6-7,10-17,20,30H,4-5,8-9,18-19H2,1-3H3/b26-20+. The fraction of sp³-hybridized carbons (Fsp3) is 0.310. The molecule has 0 aromatic heterocycles. The maximum atomic E-state index is 12.6. The van der Waals surface area contributed by atoms with Crippen LogP contribution in [0.4, 0.5) is 0 Å². The number of carbonyl (C=O) groups excluding carboxylic acids is 1. The first-order valence-electron chi connectivity index (χ1n) is 12.5. The van der Waals surface area contributed by atoms with E-state index in [4.69, 9.17) is 4.74 Å². The summed E-state index contributed by atoms with van der Waals surface area (Å²) >= 11 is 0. The second-order valence-electron chi connectivity index (χ2n) is 9.34. The summed E-state index contributed by atoms with van der Waals surface area (Å²) in [5, 5.41) is 2.05. The van der Waals surface area contributed by atoms with E-state index in [1.807, 2.05) is 74.3 Å². The van der Waals surface area contributed by atoms with E-state index in [2.05, 4.69) is 9.71 Å². The number of hydrogen-bond acceptors (Lipinski definition) is 6. The van der Waals surface area contributed by atoms with Gasteiger partial charge in [0.1, 0.15) is 0 Å². The molecule has 0 fully saturated rings. The summed E-state index contributed by atoms with van der Waals surface area (Å²) in [5.74, 6) is -0.129. The van der Waals surface area contributed by atoms with Crippen molar-refractivity contribution in [3.05, 3.63) is 89.3 Å². The minimum absolute atomic E-state index is 0.284. The number of esters is 1. The maximum absolute atomic E-state index is 12.6. The van der Waals surface area contributed by atoms with Gasteiger partial charge < -0.3 is 9.64 Å². The Balaban J connectivity index is 1.23. The molecule has 0 spiro atoms. The molecule has 1 heterocycles. The second kappa shape index (κ2) is 11.7. The highest BCUT2D eigenvalue weighted by atomic mass is 32.2. The zero-order valence-corrected chi connectivity index (χ0v) is 22.3. The summed E-state index contributed by atoms with van der Waals surface area (Å²) < 4.78 is 33.3. The van der Waals surface area contributed by atoms with Gasteiger partial charge in [-0.05, 0) is 60.7 Å². The number of ether oxygens (including phenoxy) is 1. The molecule has 3 aromatic carbocycles. The number of nitrogens with zero attached hydrogens (tertiary/aromatic N) is 2. The van der Waals surface area contributed by atoms with Crippen LogP contribution in [0.25, 0.3) is 10.8 Å². The summed E-state index contributed by atoms with van der Waals surface area (Å²) in [6, 6.07) is 19.1. The minimum atomic E-state index is -3.50. The van der Waals surface area contributed by atoms with E-state index in [1.165, 1.54) is 0 Å². The molecule has 0 aliphatic carbocycles. The number of aryl methyl sites for hydroxylation is 1. The topological polar surface area (TPSA) is 88.1 Å². The van der Waals surface area contributed by atoms with Crippen LogP contribution < -0.4 is 4.72 Å². The van der Waals surface area contributed by atoms with Crippen molar-refractivity contribution in [2.75, 3.05) is 20.1 Å². The fourth-order valence-corrected chi connectivity index (χ4v) is 5.73. The Morgan fingerprint density at radius 1 is 0.946 bits per heavy atom. The van der Waals surface area contributed by atoms with Crippen molar-refractivity contribution in [1.82, 2.24) is 9.62 Å². The number of nitrogens with one attached hydrogen (secondary N) is 1. The van der Waals surface area contributed by atoms with Crippen LogP contribution in [0, 0.1) is 13.8 Å². The smallest absolute Gasteiger partial charge is 0.365 e. The molecule has 4 rings (SSSR count). The molecule has 7 nitrogen and oxygen atoms in total. The number of rotatable bonds is 11. The molecule has 0 radical (unpaired) electrons. The van der Waals surface area contributed by atoms with Gasteiger partial charge in [0, 0.05) is 31.9 Å². The van der Waals surface area contributed by atoms with E-state index in [0.717, 1.165) is 59.7 Å². The lowest BCUT2D eigenvalue weighted by molar-refractivity contribution is -0.130. The number of benzene rings is 3. The van der Waals surface area contributed by atoms with Gasteiger partial charge in [-0.15, -0.1) is 0 Å². The van der Waals surface area contributed by atoms with E-state index in [-0.39, 0.29) is 5.70 Å². The molecule has 1 N–H and O–H groups in total. The Morgan fingerprint density at radius 2 is 1.68 bits per heavy atom. The Hall–Kier alpha value is -3.49. The molecule has 0 bridgehead atoms. The predicted octanol–water partition coefficient (Wildman–Crippen LogP) is 5.07. The third-order valence-corrected chi connectivity index (χ3v) is 8.16. The van der Waals surface area contributed by atoms with Crippen molar-refractivity contribution in [1.29, 1.82) is 0 Å². The number of hydrogen-bond donors (Lipinski definition) is 1.